The number of benzene rings is 1. The summed E-state index contributed by atoms with van der Waals surface area (Å²) in [4.78, 5) is 55.6. The number of phenolic OH excluding ortho intramolecular Hbond substituents is 1. The summed E-state index contributed by atoms with van der Waals surface area (Å²) < 4.78 is 14.4. The molecule has 0 spiro atoms. The van der Waals surface area contributed by atoms with E-state index in [0.29, 0.717) is 28.7 Å². The number of allylic oxidation sites excluding steroid dienone is 6. The third-order valence-corrected chi connectivity index (χ3v) is 8.71. The number of carbonyl (C=O) groups is 4. The Hall–Kier alpha value is -3.65. The zero-order valence-corrected chi connectivity index (χ0v) is 20.2. The Balaban J connectivity index is 1.47. The van der Waals surface area contributed by atoms with Crippen molar-refractivity contribution in [3.05, 3.63) is 86.4 Å². The summed E-state index contributed by atoms with van der Waals surface area (Å²) in [6.07, 6.45) is 3.72. The van der Waals surface area contributed by atoms with E-state index in [-0.39, 0.29) is 36.3 Å². The van der Waals surface area contributed by atoms with E-state index in [2.05, 4.69) is 0 Å². The number of imide groups is 1. The molecule has 6 rings (SSSR count). The van der Waals surface area contributed by atoms with E-state index in [1.165, 1.54) is 40.5 Å². The first-order chi connectivity index (χ1) is 17.3. The lowest BCUT2D eigenvalue weighted by Crippen LogP contribution is -2.39. The highest BCUT2D eigenvalue weighted by atomic mass is 32.1. The molecular weight excluding hydrogens is 481 g/mol. The van der Waals surface area contributed by atoms with Crippen molar-refractivity contribution in [3.63, 3.8) is 0 Å². The Morgan fingerprint density at radius 1 is 1.11 bits per heavy atom. The molecule has 1 aliphatic heterocycles. The van der Waals surface area contributed by atoms with Crippen molar-refractivity contribution in [1.29, 1.82) is 0 Å². The van der Waals surface area contributed by atoms with Gasteiger partial charge in [0, 0.05) is 27.5 Å². The van der Waals surface area contributed by atoms with Gasteiger partial charge in [-0.05, 0) is 60.9 Å². The minimum absolute atomic E-state index is 0.182. The van der Waals surface area contributed by atoms with E-state index < -0.39 is 35.2 Å². The minimum Gasteiger partial charge on any atom is -0.505 e. The SMILES string of the molecule is CC1=CC(=O)C2=C(CC3C(=CCC4C(=O)N(Cc5cccs5)C(=O)C43)C2c2ccc(O)c(F)c2)C1=O. The molecule has 2 amide bonds. The molecule has 6 nitrogen and oxygen atoms in total. The van der Waals surface area contributed by atoms with Crippen LogP contribution in [0.1, 0.15) is 36.1 Å². The number of aromatic hydroxyl groups is 1. The molecule has 182 valence electrons. The Morgan fingerprint density at radius 3 is 2.64 bits per heavy atom. The number of amides is 2. The number of fused-ring (bicyclic) bond motifs is 3. The number of carbonyl (C=O) groups excluding carboxylic acids is 4. The first-order valence-electron chi connectivity index (χ1n) is 11.8. The molecule has 0 saturated carbocycles. The number of likely N-dealkylation sites (tertiary alicyclic amines) is 1. The van der Waals surface area contributed by atoms with Gasteiger partial charge in [-0.3, -0.25) is 24.1 Å². The second-order valence-corrected chi connectivity index (χ2v) is 10.8. The fourth-order valence-corrected chi connectivity index (χ4v) is 6.94. The summed E-state index contributed by atoms with van der Waals surface area (Å²) >= 11 is 1.47. The zero-order valence-electron chi connectivity index (χ0n) is 19.4. The number of Topliss-reactive ketones (excluding diaryl/α,β-unsaturated/α-hetero) is 1. The van der Waals surface area contributed by atoms with Gasteiger partial charge in [-0.15, -0.1) is 11.3 Å². The van der Waals surface area contributed by atoms with Crippen molar-refractivity contribution in [3.8, 4) is 5.75 Å². The van der Waals surface area contributed by atoms with Crippen LogP contribution in [0.25, 0.3) is 0 Å². The van der Waals surface area contributed by atoms with E-state index in [0.717, 1.165) is 10.5 Å². The van der Waals surface area contributed by atoms with Gasteiger partial charge in [0.15, 0.2) is 23.1 Å². The zero-order chi connectivity index (χ0) is 25.3. The molecule has 1 aromatic heterocycles. The second-order valence-electron chi connectivity index (χ2n) is 9.78. The molecule has 1 aromatic carbocycles. The maximum Gasteiger partial charge on any atom is 0.234 e. The number of hydrogen-bond donors (Lipinski definition) is 1. The molecule has 8 heteroatoms. The van der Waals surface area contributed by atoms with Crippen LogP contribution >= 0.6 is 11.3 Å². The molecule has 2 heterocycles. The third kappa shape index (κ3) is 3.27. The first-order valence-corrected chi connectivity index (χ1v) is 12.7. The molecule has 0 radical (unpaired) electrons. The number of nitrogens with zero attached hydrogens (tertiary/aromatic N) is 1. The summed E-state index contributed by atoms with van der Waals surface area (Å²) in [5.74, 6) is -4.78. The number of phenols is 1. The molecule has 3 aliphatic carbocycles. The predicted molar refractivity (Wildman–Crippen MR) is 129 cm³/mol. The van der Waals surface area contributed by atoms with Crippen LogP contribution < -0.4 is 0 Å². The van der Waals surface area contributed by atoms with Crippen LogP contribution in [-0.2, 0) is 25.7 Å². The minimum atomic E-state index is -0.832. The van der Waals surface area contributed by atoms with Crippen molar-refractivity contribution in [2.24, 2.45) is 17.8 Å². The molecule has 36 heavy (non-hydrogen) atoms. The maximum atomic E-state index is 14.4. The van der Waals surface area contributed by atoms with Crippen molar-refractivity contribution in [2.45, 2.75) is 32.2 Å². The summed E-state index contributed by atoms with van der Waals surface area (Å²) in [7, 11) is 0. The Labute approximate surface area is 210 Å². The molecular formula is C28H22FNO5S. The van der Waals surface area contributed by atoms with Crippen LogP contribution in [0.15, 0.2) is 70.2 Å². The number of thiophene rings is 1. The lowest BCUT2D eigenvalue weighted by Gasteiger charge is -2.42. The van der Waals surface area contributed by atoms with Gasteiger partial charge >= 0.3 is 0 Å². The summed E-state index contributed by atoms with van der Waals surface area (Å²) in [5.41, 5.74) is 2.13. The number of ketones is 2. The standard InChI is InChI=1S/C28H22FNO5S/c1-13-9-22(32)25-19(26(13)33)11-18-16(23(25)14-4-7-21(31)20(29)10-14)5-6-17-24(18)28(35)30(27(17)34)12-15-3-2-8-36-15/h2-5,7-10,17-18,23-24,31H,6,11-12H2,1H3. The normalized spacial score (nSPS) is 27.6. The van der Waals surface area contributed by atoms with Gasteiger partial charge in [-0.1, -0.05) is 23.8 Å². The summed E-state index contributed by atoms with van der Waals surface area (Å²) in [6.45, 7) is 1.80. The summed E-state index contributed by atoms with van der Waals surface area (Å²) in [6, 6.07) is 7.69. The van der Waals surface area contributed by atoms with E-state index in [1.54, 1.807) is 6.92 Å². The van der Waals surface area contributed by atoms with Crippen molar-refractivity contribution in [1.82, 2.24) is 4.90 Å². The third-order valence-electron chi connectivity index (χ3n) is 7.85. The van der Waals surface area contributed by atoms with Gasteiger partial charge in [0.05, 0.1) is 18.4 Å². The van der Waals surface area contributed by atoms with E-state index in [1.807, 2.05) is 23.6 Å². The summed E-state index contributed by atoms with van der Waals surface area (Å²) in [5, 5.41) is 11.6. The largest absolute Gasteiger partial charge is 0.505 e. The molecule has 4 aliphatic rings. The second kappa shape index (κ2) is 8.20. The van der Waals surface area contributed by atoms with Gasteiger partial charge in [-0.2, -0.15) is 0 Å². The van der Waals surface area contributed by atoms with E-state index >= 15 is 0 Å². The van der Waals surface area contributed by atoms with Crippen LogP contribution in [0.3, 0.4) is 0 Å². The van der Waals surface area contributed by atoms with Crippen molar-refractivity contribution < 1.29 is 28.7 Å². The van der Waals surface area contributed by atoms with Gasteiger partial charge in [0.25, 0.3) is 0 Å². The van der Waals surface area contributed by atoms with Gasteiger partial charge in [-0.25, -0.2) is 4.39 Å². The van der Waals surface area contributed by atoms with Crippen LogP contribution in [0, 0.1) is 23.6 Å². The first kappa shape index (κ1) is 22.8. The van der Waals surface area contributed by atoms with Gasteiger partial charge in [0.1, 0.15) is 0 Å². The van der Waals surface area contributed by atoms with Crippen molar-refractivity contribution >= 4 is 34.7 Å². The van der Waals surface area contributed by atoms with E-state index in [4.69, 9.17) is 0 Å². The highest BCUT2D eigenvalue weighted by Crippen LogP contribution is 2.55. The maximum absolute atomic E-state index is 14.4. The molecule has 1 fully saturated rings. The lowest BCUT2D eigenvalue weighted by molar-refractivity contribution is -0.140. The molecule has 4 unspecified atom stereocenters. The van der Waals surface area contributed by atoms with Crippen molar-refractivity contribution in [2.75, 3.05) is 0 Å². The highest BCUT2D eigenvalue weighted by molar-refractivity contribution is 7.09. The fraction of sp³-hybridized carbons (Fsp3) is 0.286. The monoisotopic (exact) mass is 503 g/mol. The Kier molecular flexibility index (Phi) is 5.19. The molecule has 4 atom stereocenters. The quantitative estimate of drug-likeness (QED) is 0.385. The molecule has 0 bridgehead atoms. The van der Waals surface area contributed by atoms with Crippen LogP contribution in [0.4, 0.5) is 4.39 Å². The highest BCUT2D eigenvalue weighted by Gasteiger charge is 2.56. The Morgan fingerprint density at radius 2 is 1.92 bits per heavy atom. The Bertz CT molecular complexity index is 1450. The lowest BCUT2D eigenvalue weighted by atomic mass is 9.59. The van der Waals surface area contributed by atoms with E-state index in [9.17, 15) is 28.7 Å². The smallest absolute Gasteiger partial charge is 0.234 e. The van der Waals surface area contributed by atoms with Crippen LogP contribution in [-0.4, -0.2) is 33.4 Å². The fourth-order valence-electron chi connectivity index (χ4n) is 6.24. The van der Waals surface area contributed by atoms with Gasteiger partial charge in [0.2, 0.25) is 11.8 Å². The number of rotatable bonds is 3. The van der Waals surface area contributed by atoms with Crippen LogP contribution in [0.5, 0.6) is 5.75 Å². The van der Waals surface area contributed by atoms with Gasteiger partial charge < -0.3 is 5.11 Å². The number of hydrogen-bond acceptors (Lipinski definition) is 6. The number of halogens is 1. The molecule has 1 saturated heterocycles. The molecule has 1 N–H and O–H groups in total. The topological polar surface area (TPSA) is 91.8 Å². The average molecular weight is 504 g/mol. The average Bonchev–Trinajstić information content (AvgIpc) is 3.46. The molecule has 2 aromatic rings. The van der Waals surface area contributed by atoms with Crippen LogP contribution in [0.2, 0.25) is 0 Å². The predicted octanol–water partition coefficient (Wildman–Crippen LogP) is 4.22.